The van der Waals surface area contributed by atoms with Gasteiger partial charge in [0.1, 0.15) is 11.6 Å². The van der Waals surface area contributed by atoms with Gasteiger partial charge in [-0.1, -0.05) is 12.1 Å². The smallest absolute Gasteiger partial charge is 0.305 e. The zero-order valence-corrected chi connectivity index (χ0v) is 11.0. The van der Waals surface area contributed by atoms with Crippen LogP contribution < -0.4 is 4.74 Å². The van der Waals surface area contributed by atoms with Crippen molar-refractivity contribution < 1.29 is 14.6 Å². The Bertz CT molecular complexity index is 590. The van der Waals surface area contributed by atoms with Gasteiger partial charge >= 0.3 is 5.97 Å². The minimum Gasteiger partial charge on any atom is -0.497 e. The maximum absolute atomic E-state index is 10.6. The lowest BCUT2D eigenvalue weighted by molar-refractivity contribution is -0.137. The maximum atomic E-state index is 10.6. The fourth-order valence-corrected chi connectivity index (χ4v) is 1.87. The van der Waals surface area contributed by atoms with E-state index in [1.54, 1.807) is 7.11 Å². The Morgan fingerprint density at radius 2 is 2.26 bits per heavy atom. The number of ether oxygens (including phenoxy) is 1. The normalized spacial score (nSPS) is 10.4. The molecule has 2 aromatic rings. The van der Waals surface area contributed by atoms with Gasteiger partial charge in [0.05, 0.1) is 19.2 Å². The summed E-state index contributed by atoms with van der Waals surface area (Å²) in [5.74, 6) is 0.769. The SMILES string of the molecule is COc1cccc(-c2cn(CCC(=O)O)c(C)n2)c1. The quantitative estimate of drug-likeness (QED) is 0.896. The largest absolute Gasteiger partial charge is 0.497 e. The Kier molecular flexibility index (Phi) is 3.85. The van der Waals surface area contributed by atoms with Crippen LogP contribution in [-0.2, 0) is 11.3 Å². The van der Waals surface area contributed by atoms with Crippen LogP contribution in [0.25, 0.3) is 11.3 Å². The molecule has 1 aromatic heterocycles. The van der Waals surface area contributed by atoms with Gasteiger partial charge in [-0.25, -0.2) is 4.98 Å². The summed E-state index contributed by atoms with van der Waals surface area (Å²) in [6, 6.07) is 7.63. The highest BCUT2D eigenvalue weighted by Crippen LogP contribution is 2.23. The summed E-state index contributed by atoms with van der Waals surface area (Å²) in [6.45, 7) is 2.30. The molecule has 0 atom stereocenters. The number of aromatic nitrogens is 2. The fraction of sp³-hybridized carbons (Fsp3) is 0.286. The topological polar surface area (TPSA) is 64.3 Å². The first-order valence-corrected chi connectivity index (χ1v) is 6.00. The lowest BCUT2D eigenvalue weighted by atomic mass is 10.1. The molecular formula is C14H16N2O3. The van der Waals surface area contributed by atoms with Crippen LogP contribution in [0.5, 0.6) is 5.75 Å². The van der Waals surface area contributed by atoms with Crippen molar-refractivity contribution in [2.24, 2.45) is 0 Å². The Morgan fingerprint density at radius 1 is 1.47 bits per heavy atom. The number of methoxy groups -OCH3 is 1. The van der Waals surface area contributed by atoms with Gasteiger partial charge in [0.25, 0.3) is 0 Å². The predicted octanol–water partition coefficient (Wildman–Crippen LogP) is 2.34. The summed E-state index contributed by atoms with van der Waals surface area (Å²) < 4.78 is 7.03. The Labute approximate surface area is 111 Å². The van der Waals surface area contributed by atoms with E-state index in [1.165, 1.54) is 0 Å². The average Bonchev–Trinajstić information content (AvgIpc) is 2.78. The van der Waals surface area contributed by atoms with E-state index in [2.05, 4.69) is 4.98 Å². The van der Waals surface area contributed by atoms with Crippen LogP contribution in [0.15, 0.2) is 30.5 Å². The molecule has 19 heavy (non-hydrogen) atoms. The molecule has 0 aliphatic carbocycles. The number of rotatable bonds is 5. The molecule has 5 heteroatoms. The highest BCUT2D eigenvalue weighted by atomic mass is 16.5. The van der Waals surface area contributed by atoms with Crippen molar-refractivity contribution in [3.05, 3.63) is 36.3 Å². The lowest BCUT2D eigenvalue weighted by Gasteiger charge is -2.02. The number of carbonyl (C=O) groups is 1. The van der Waals surface area contributed by atoms with Crippen LogP contribution in [0, 0.1) is 6.92 Å². The van der Waals surface area contributed by atoms with Gasteiger partial charge in [0, 0.05) is 18.3 Å². The number of carboxylic acids is 1. The minimum absolute atomic E-state index is 0.0920. The van der Waals surface area contributed by atoms with Crippen LogP contribution in [0.1, 0.15) is 12.2 Å². The molecular weight excluding hydrogens is 244 g/mol. The summed E-state index contributed by atoms with van der Waals surface area (Å²) in [7, 11) is 1.62. The first-order valence-electron chi connectivity index (χ1n) is 6.00. The summed E-state index contributed by atoms with van der Waals surface area (Å²) in [6.07, 6.45) is 1.96. The molecule has 100 valence electrons. The van der Waals surface area contributed by atoms with E-state index in [4.69, 9.17) is 9.84 Å². The first-order chi connectivity index (χ1) is 9.10. The molecule has 0 amide bonds. The van der Waals surface area contributed by atoms with Crippen molar-refractivity contribution in [3.8, 4) is 17.0 Å². The fourth-order valence-electron chi connectivity index (χ4n) is 1.87. The van der Waals surface area contributed by atoms with Crippen LogP contribution in [0.2, 0.25) is 0 Å². The van der Waals surface area contributed by atoms with Gasteiger partial charge in [-0.3, -0.25) is 4.79 Å². The summed E-state index contributed by atoms with van der Waals surface area (Å²) in [5, 5.41) is 8.71. The van der Waals surface area contributed by atoms with Crippen molar-refractivity contribution in [2.75, 3.05) is 7.11 Å². The minimum atomic E-state index is -0.809. The number of benzene rings is 1. The number of hydrogen-bond acceptors (Lipinski definition) is 3. The number of carboxylic acid groups (broad SMARTS) is 1. The van der Waals surface area contributed by atoms with Gasteiger partial charge < -0.3 is 14.4 Å². The van der Waals surface area contributed by atoms with E-state index in [0.29, 0.717) is 6.54 Å². The third-order valence-electron chi connectivity index (χ3n) is 2.91. The maximum Gasteiger partial charge on any atom is 0.305 e. The van der Waals surface area contributed by atoms with Crippen molar-refractivity contribution in [1.29, 1.82) is 0 Å². The molecule has 0 spiro atoms. The number of aryl methyl sites for hydroxylation is 2. The van der Waals surface area contributed by atoms with Crippen LogP contribution in [0.3, 0.4) is 0 Å². The van der Waals surface area contributed by atoms with E-state index in [-0.39, 0.29) is 6.42 Å². The van der Waals surface area contributed by atoms with E-state index < -0.39 is 5.97 Å². The molecule has 1 N–H and O–H groups in total. The third kappa shape index (κ3) is 3.13. The Hall–Kier alpha value is -2.30. The van der Waals surface area contributed by atoms with Gasteiger partial charge in [-0.15, -0.1) is 0 Å². The summed E-state index contributed by atoms with van der Waals surface area (Å²) in [5.41, 5.74) is 1.78. The van der Waals surface area contributed by atoms with Crippen LogP contribution >= 0.6 is 0 Å². The molecule has 1 aromatic carbocycles. The molecule has 5 nitrogen and oxygen atoms in total. The van der Waals surface area contributed by atoms with Gasteiger partial charge in [0.2, 0.25) is 0 Å². The molecule has 0 saturated carbocycles. The highest BCUT2D eigenvalue weighted by Gasteiger charge is 2.08. The molecule has 1 heterocycles. The van der Waals surface area contributed by atoms with Gasteiger partial charge in [0.15, 0.2) is 0 Å². The van der Waals surface area contributed by atoms with E-state index in [9.17, 15) is 4.79 Å². The molecule has 2 rings (SSSR count). The second kappa shape index (κ2) is 5.56. The Balaban J connectivity index is 2.25. The molecule has 0 aliphatic heterocycles. The summed E-state index contributed by atoms with van der Waals surface area (Å²) in [4.78, 5) is 15.0. The van der Waals surface area contributed by atoms with Crippen molar-refractivity contribution >= 4 is 5.97 Å². The zero-order chi connectivity index (χ0) is 13.8. The molecule has 0 unspecified atom stereocenters. The third-order valence-corrected chi connectivity index (χ3v) is 2.91. The number of nitrogens with zero attached hydrogens (tertiary/aromatic N) is 2. The van der Waals surface area contributed by atoms with Crippen molar-refractivity contribution in [2.45, 2.75) is 19.9 Å². The molecule has 0 radical (unpaired) electrons. The highest BCUT2D eigenvalue weighted by molar-refractivity contribution is 5.66. The van der Waals surface area contributed by atoms with Crippen LogP contribution in [-0.4, -0.2) is 27.7 Å². The van der Waals surface area contributed by atoms with E-state index >= 15 is 0 Å². The monoisotopic (exact) mass is 260 g/mol. The van der Waals surface area contributed by atoms with E-state index in [1.807, 2.05) is 42.0 Å². The van der Waals surface area contributed by atoms with Crippen molar-refractivity contribution in [1.82, 2.24) is 9.55 Å². The van der Waals surface area contributed by atoms with Gasteiger partial charge in [-0.05, 0) is 19.1 Å². The van der Waals surface area contributed by atoms with Crippen molar-refractivity contribution in [3.63, 3.8) is 0 Å². The second-order valence-electron chi connectivity index (χ2n) is 4.24. The molecule has 0 saturated heterocycles. The summed E-state index contributed by atoms with van der Waals surface area (Å²) >= 11 is 0. The van der Waals surface area contributed by atoms with Crippen LogP contribution in [0.4, 0.5) is 0 Å². The number of hydrogen-bond donors (Lipinski definition) is 1. The van der Waals surface area contributed by atoms with E-state index in [0.717, 1.165) is 22.8 Å². The standard InChI is InChI=1S/C14H16N2O3/c1-10-15-13(9-16(10)7-6-14(17)18)11-4-3-5-12(8-11)19-2/h3-5,8-9H,6-7H2,1-2H3,(H,17,18). The Morgan fingerprint density at radius 3 is 2.95 bits per heavy atom. The molecule has 0 aliphatic rings. The molecule has 0 fully saturated rings. The average molecular weight is 260 g/mol. The van der Waals surface area contributed by atoms with Gasteiger partial charge in [-0.2, -0.15) is 0 Å². The first kappa shape index (κ1) is 13.1. The second-order valence-corrected chi connectivity index (χ2v) is 4.24. The number of imidazole rings is 1. The molecule has 0 bridgehead atoms. The zero-order valence-electron chi connectivity index (χ0n) is 11.0. The number of aliphatic carboxylic acids is 1. The predicted molar refractivity (Wildman–Crippen MR) is 71.2 cm³/mol. The lowest BCUT2D eigenvalue weighted by Crippen LogP contribution is -2.04.